The maximum absolute atomic E-state index is 13.2. The van der Waals surface area contributed by atoms with Gasteiger partial charge in [-0.2, -0.15) is 10.2 Å². The Hall–Kier alpha value is -7.54. The number of nitrogens with one attached hydrogen (secondary N) is 6. The number of fused-ring (bicyclic) bond motifs is 1. The molecule has 0 spiro atoms. The first-order chi connectivity index (χ1) is 32.7. The Kier molecular flexibility index (Phi) is 14.9. The molecule has 6 N–H and O–H groups in total. The number of hydrogen-bond acceptors (Lipinski definition) is 13. The van der Waals surface area contributed by atoms with Crippen LogP contribution in [0.2, 0.25) is 0 Å². The van der Waals surface area contributed by atoms with E-state index in [2.05, 4.69) is 64.7 Å². The molecule has 8 rings (SSSR count). The van der Waals surface area contributed by atoms with Crippen molar-refractivity contribution < 1.29 is 28.7 Å². The fourth-order valence-electron chi connectivity index (χ4n) is 8.85. The molecule has 18 nitrogen and oxygen atoms in total. The summed E-state index contributed by atoms with van der Waals surface area (Å²) in [5, 5.41) is 27.8. The fraction of sp³-hybridized carbons (Fsp3) is 0.388. The normalized spacial score (nSPS) is 19.1. The Balaban J connectivity index is 0.701. The van der Waals surface area contributed by atoms with Crippen LogP contribution in [0.1, 0.15) is 82.4 Å². The molecular weight excluding hydrogens is 853 g/mol. The highest BCUT2D eigenvalue weighted by Crippen LogP contribution is 2.30. The van der Waals surface area contributed by atoms with Crippen molar-refractivity contribution >= 4 is 58.5 Å². The molecule has 1 unspecified atom stereocenters. The van der Waals surface area contributed by atoms with Crippen molar-refractivity contribution in [3.05, 3.63) is 101 Å². The molecule has 3 fully saturated rings. The second-order valence-electron chi connectivity index (χ2n) is 16.8. The van der Waals surface area contributed by atoms with Gasteiger partial charge in [-0.1, -0.05) is 30.0 Å². The average Bonchev–Trinajstić information content (AvgIpc) is 3.69. The molecule has 18 heteroatoms. The number of benzene rings is 3. The summed E-state index contributed by atoms with van der Waals surface area (Å²) in [5.74, 6) is 5.69. The molecule has 0 bridgehead atoms. The number of hydrogen-bond donors (Lipinski definition) is 6. The number of urea groups is 1. The minimum absolute atomic E-state index is 0.0140. The lowest BCUT2D eigenvalue weighted by Crippen LogP contribution is -2.54. The van der Waals surface area contributed by atoms with E-state index in [9.17, 15) is 29.2 Å². The third-order valence-electron chi connectivity index (χ3n) is 12.5. The van der Waals surface area contributed by atoms with Crippen molar-refractivity contribution in [2.45, 2.75) is 69.6 Å². The van der Waals surface area contributed by atoms with Gasteiger partial charge in [-0.3, -0.25) is 24.5 Å². The van der Waals surface area contributed by atoms with Crippen molar-refractivity contribution in [1.29, 1.82) is 5.26 Å². The first-order valence-corrected chi connectivity index (χ1v) is 22.8. The van der Waals surface area contributed by atoms with Crippen LogP contribution in [0.25, 0.3) is 0 Å². The highest BCUT2D eigenvalue weighted by atomic mass is 16.5. The molecule has 0 radical (unpaired) electrons. The summed E-state index contributed by atoms with van der Waals surface area (Å²) in [6.45, 7) is 4.72. The molecule has 2 saturated heterocycles. The van der Waals surface area contributed by atoms with Crippen molar-refractivity contribution in [2.24, 2.45) is 0 Å². The number of anilines is 5. The van der Waals surface area contributed by atoms with Crippen LogP contribution in [-0.2, 0) is 20.9 Å². The number of piperazine rings is 1. The Morgan fingerprint density at radius 1 is 0.881 bits per heavy atom. The number of piperidine rings is 1. The van der Waals surface area contributed by atoms with E-state index in [0.717, 1.165) is 54.7 Å². The second-order valence-corrected chi connectivity index (χ2v) is 16.8. The van der Waals surface area contributed by atoms with E-state index in [1.807, 2.05) is 35.2 Å². The minimum Gasteiger partial charge on any atom is -0.379 e. The van der Waals surface area contributed by atoms with Crippen LogP contribution in [0, 0.1) is 23.2 Å². The van der Waals surface area contributed by atoms with Gasteiger partial charge in [0.25, 0.3) is 11.8 Å². The highest BCUT2D eigenvalue weighted by Gasteiger charge is 2.39. The Morgan fingerprint density at radius 2 is 1.66 bits per heavy atom. The number of imide groups is 1. The molecule has 4 heterocycles. The minimum atomic E-state index is -0.657. The molecule has 1 saturated carbocycles. The van der Waals surface area contributed by atoms with Gasteiger partial charge in [-0.15, -0.1) is 0 Å². The molecule has 1 aromatic heterocycles. The number of amides is 6. The van der Waals surface area contributed by atoms with Crippen molar-refractivity contribution in [3.8, 4) is 17.9 Å². The van der Waals surface area contributed by atoms with Crippen LogP contribution < -0.4 is 36.8 Å². The number of carbonyl (C=O) groups excluding carboxylic acids is 5. The van der Waals surface area contributed by atoms with Gasteiger partial charge in [0.05, 0.1) is 30.7 Å². The molecule has 4 aromatic rings. The van der Waals surface area contributed by atoms with E-state index < -0.39 is 11.9 Å². The van der Waals surface area contributed by atoms with Gasteiger partial charge >= 0.3 is 6.03 Å². The predicted molar refractivity (Wildman–Crippen MR) is 251 cm³/mol. The van der Waals surface area contributed by atoms with Crippen LogP contribution in [0.15, 0.2) is 72.9 Å². The SMILES string of the molecule is CNC(=O)c1ccccc1Nc1nc(Nc2ccc(N3CCN(C(=O)N[C@H]4CC[C@@H](NCCOCCC#Cc5cccc6c5CN(C5CCC(=O)NC5=O)C6=O)CC4)CC3)cc2)ncc1C#N. The summed E-state index contributed by atoms with van der Waals surface area (Å²) in [6, 6.07) is 22.3. The van der Waals surface area contributed by atoms with Crippen LogP contribution >= 0.6 is 0 Å². The van der Waals surface area contributed by atoms with Gasteiger partial charge in [0.2, 0.25) is 17.8 Å². The van der Waals surface area contributed by atoms with E-state index in [4.69, 9.17) is 4.74 Å². The third kappa shape index (κ3) is 11.3. The van der Waals surface area contributed by atoms with Gasteiger partial charge in [0.1, 0.15) is 17.7 Å². The zero-order valence-electron chi connectivity index (χ0n) is 37.4. The lowest BCUT2D eigenvalue weighted by Gasteiger charge is -2.37. The smallest absolute Gasteiger partial charge is 0.317 e. The van der Waals surface area contributed by atoms with Crippen molar-refractivity contribution in [2.75, 3.05) is 68.5 Å². The third-order valence-corrected chi connectivity index (χ3v) is 12.5. The molecule has 1 aliphatic carbocycles. The van der Waals surface area contributed by atoms with Gasteiger partial charge in [0.15, 0.2) is 5.82 Å². The lowest BCUT2D eigenvalue weighted by atomic mass is 9.91. The fourth-order valence-corrected chi connectivity index (χ4v) is 8.85. The maximum Gasteiger partial charge on any atom is 0.317 e. The Bertz CT molecular complexity index is 2590. The van der Waals surface area contributed by atoms with Crippen LogP contribution in [0.3, 0.4) is 0 Å². The number of carbonyl (C=O) groups is 5. The van der Waals surface area contributed by atoms with E-state index in [1.54, 1.807) is 43.4 Å². The summed E-state index contributed by atoms with van der Waals surface area (Å²) in [5.41, 5.74) is 5.09. The second kappa shape index (κ2) is 21.6. The molecule has 346 valence electrons. The number of nitriles is 1. The van der Waals surface area contributed by atoms with Gasteiger partial charge in [0, 0.05) is 93.7 Å². The van der Waals surface area contributed by atoms with Gasteiger partial charge < -0.3 is 46.0 Å². The summed E-state index contributed by atoms with van der Waals surface area (Å²) in [7, 11) is 1.56. The summed E-state index contributed by atoms with van der Waals surface area (Å²) in [6.07, 6.45) is 6.29. The molecule has 67 heavy (non-hydrogen) atoms. The summed E-state index contributed by atoms with van der Waals surface area (Å²) in [4.78, 5) is 77.2. The number of ether oxygens (including phenoxy) is 1. The first-order valence-electron chi connectivity index (χ1n) is 22.8. The van der Waals surface area contributed by atoms with Crippen LogP contribution in [0.5, 0.6) is 0 Å². The van der Waals surface area contributed by atoms with E-state index in [-0.39, 0.29) is 53.5 Å². The first kappa shape index (κ1) is 46.0. The Labute approximate surface area is 389 Å². The van der Waals surface area contributed by atoms with E-state index >= 15 is 0 Å². The summed E-state index contributed by atoms with van der Waals surface area (Å²) < 4.78 is 5.84. The monoisotopic (exact) mass is 906 g/mol. The predicted octanol–water partition coefficient (Wildman–Crippen LogP) is 4.15. The number of rotatable bonds is 14. The van der Waals surface area contributed by atoms with Crippen LogP contribution in [-0.4, -0.2) is 121 Å². The molecule has 4 aliphatic rings. The van der Waals surface area contributed by atoms with Gasteiger partial charge in [-0.05, 0) is 86.2 Å². The molecule has 6 amide bonds. The zero-order chi connectivity index (χ0) is 46.7. The standard InChI is InChI=1S/C49H54N12O6/c1-51-45(63)39-9-2-3-11-41(39)56-44-33(29-50)30-53-48(58-44)54-35-16-18-37(19-17-35)59-23-25-60(26-24-59)49(66)55-36-14-12-34(13-15-36)52-22-28-67-27-5-4-7-32-8-6-10-38-40(32)31-61(47(38)65)42-20-21-43(62)57-46(42)64/h2-3,6,8-11,16-19,30,34,36,42,52H,5,12-15,20-28,31H2,1H3,(H,51,63)(H,55,66)(H,57,62,64)(H2,53,54,56,58)/t34-,36+,42?. The topological polar surface area (TPSA) is 226 Å². The average molecular weight is 907 g/mol. The van der Waals surface area contributed by atoms with Gasteiger partial charge in [-0.25, -0.2) is 9.78 Å². The van der Waals surface area contributed by atoms with E-state index in [1.165, 1.54) is 11.1 Å². The highest BCUT2D eigenvalue weighted by molar-refractivity contribution is 6.05. The number of aromatic nitrogens is 2. The largest absolute Gasteiger partial charge is 0.379 e. The maximum atomic E-state index is 13.2. The molecule has 3 aromatic carbocycles. The Morgan fingerprint density at radius 3 is 2.42 bits per heavy atom. The van der Waals surface area contributed by atoms with Crippen molar-refractivity contribution in [3.63, 3.8) is 0 Å². The summed E-state index contributed by atoms with van der Waals surface area (Å²) >= 11 is 0. The van der Waals surface area contributed by atoms with E-state index in [0.29, 0.717) is 81.6 Å². The molecular formula is C49H54N12O6. The number of para-hydroxylation sites is 1. The number of nitrogens with zero attached hydrogens (tertiary/aromatic N) is 6. The quantitative estimate of drug-likeness (QED) is 0.0595. The molecule has 1 atom stereocenters. The van der Waals surface area contributed by atoms with Crippen molar-refractivity contribution in [1.82, 2.24) is 41.0 Å². The zero-order valence-corrected chi connectivity index (χ0v) is 37.4. The molecule has 3 aliphatic heterocycles. The van der Waals surface area contributed by atoms with Crippen LogP contribution in [0.4, 0.5) is 33.6 Å². The lowest BCUT2D eigenvalue weighted by molar-refractivity contribution is -0.136.